The van der Waals surface area contributed by atoms with Crippen molar-refractivity contribution in [3.8, 4) is 11.5 Å². The van der Waals surface area contributed by atoms with Gasteiger partial charge >= 0.3 is 0 Å². The fraction of sp³-hybridized carbons (Fsp3) is 0.435. The first-order valence-corrected chi connectivity index (χ1v) is 10.1. The summed E-state index contributed by atoms with van der Waals surface area (Å²) in [5, 5.41) is 3.24. The van der Waals surface area contributed by atoms with E-state index in [-0.39, 0.29) is 17.9 Å². The number of anilines is 1. The van der Waals surface area contributed by atoms with E-state index in [2.05, 4.69) is 42.3 Å². The number of carbonyl (C=O) groups is 1. The van der Waals surface area contributed by atoms with Crippen molar-refractivity contribution in [2.45, 2.75) is 32.7 Å². The van der Waals surface area contributed by atoms with Crippen LogP contribution < -0.4 is 19.7 Å². The molecule has 2 heterocycles. The van der Waals surface area contributed by atoms with Gasteiger partial charge in [0, 0.05) is 12.2 Å². The Labute approximate surface area is 166 Å². The summed E-state index contributed by atoms with van der Waals surface area (Å²) in [6.45, 7) is 6.68. The third-order valence-corrected chi connectivity index (χ3v) is 5.45. The molecule has 1 atom stereocenters. The molecule has 4 rings (SSSR count). The van der Waals surface area contributed by atoms with Crippen molar-refractivity contribution in [2.24, 2.45) is 5.92 Å². The second-order valence-electron chi connectivity index (χ2n) is 7.85. The van der Waals surface area contributed by atoms with E-state index in [0.717, 1.165) is 36.4 Å². The lowest BCUT2D eigenvalue weighted by molar-refractivity contribution is -0.120. The van der Waals surface area contributed by atoms with Gasteiger partial charge in [0.1, 0.15) is 13.2 Å². The number of fused-ring (bicyclic) bond motifs is 2. The van der Waals surface area contributed by atoms with Gasteiger partial charge in [-0.05, 0) is 48.1 Å². The van der Waals surface area contributed by atoms with Gasteiger partial charge < -0.3 is 19.7 Å². The van der Waals surface area contributed by atoms with E-state index in [9.17, 15) is 4.79 Å². The van der Waals surface area contributed by atoms with Crippen molar-refractivity contribution in [1.82, 2.24) is 5.32 Å². The topological polar surface area (TPSA) is 50.8 Å². The first-order chi connectivity index (χ1) is 13.6. The third kappa shape index (κ3) is 3.93. The number of para-hydroxylation sites is 1. The van der Waals surface area contributed by atoms with Crippen LogP contribution in [0.15, 0.2) is 42.5 Å². The molecule has 0 aliphatic carbocycles. The maximum atomic E-state index is 12.9. The molecule has 0 bridgehead atoms. The number of benzene rings is 2. The molecule has 1 amide bonds. The van der Waals surface area contributed by atoms with E-state index >= 15 is 0 Å². The lowest BCUT2D eigenvalue weighted by atomic mass is 9.95. The van der Waals surface area contributed by atoms with Gasteiger partial charge in [-0.15, -0.1) is 0 Å². The molecular weight excluding hydrogens is 352 g/mol. The molecule has 0 saturated carbocycles. The molecule has 2 aromatic carbocycles. The second-order valence-corrected chi connectivity index (χ2v) is 7.85. The molecule has 0 spiro atoms. The minimum atomic E-state index is -0.0663. The van der Waals surface area contributed by atoms with Crippen LogP contribution in [0.4, 0.5) is 5.69 Å². The molecule has 0 aromatic heterocycles. The van der Waals surface area contributed by atoms with Gasteiger partial charge in [0.15, 0.2) is 11.5 Å². The summed E-state index contributed by atoms with van der Waals surface area (Å²) in [5.41, 5.74) is 3.56. The number of aryl methyl sites for hydroxylation is 1. The fourth-order valence-corrected chi connectivity index (χ4v) is 4.06. The molecule has 1 N–H and O–H groups in total. The van der Waals surface area contributed by atoms with Gasteiger partial charge in [0.2, 0.25) is 5.91 Å². The largest absolute Gasteiger partial charge is 0.486 e. The first-order valence-electron chi connectivity index (χ1n) is 10.1. The Morgan fingerprint density at radius 2 is 1.89 bits per heavy atom. The van der Waals surface area contributed by atoms with Crippen molar-refractivity contribution < 1.29 is 14.3 Å². The SMILES string of the molecule is CC(C)[C@H](NC(=O)CN1CCCc2ccccc21)c1ccc2c(c1)OCCO2. The Morgan fingerprint density at radius 3 is 2.71 bits per heavy atom. The second kappa shape index (κ2) is 8.13. The van der Waals surface area contributed by atoms with E-state index in [1.165, 1.54) is 11.3 Å². The van der Waals surface area contributed by atoms with E-state index in [0.29, 0.717) is 19.8 Å². The molecule has 0 fully saturated rings. The monoisotopic (exact) mass is 380 g/mol. The Morgan fingerprint density at radius 1 is 1.11 bits per heavy atom. The summed E-state index contributed by atoms with van der Waals surface area (Å²) < 4.78 is 11.3. The van der Waals surface area contributed by atoms with Crippen molar-refractivity contribution in [2.75, 3.05) is 31.2 Å². The minimum Gasteiger partial charge on any atom is -0.486 e. The zero-order valence-corrected chi connectivity index (χ0v) is 16.6. The van der Waals surface area contributed by atoms with E-state index in [1.54, 1.807) is 0 Å². The Bertz CT molecular complexity index is 849. The first kappa shape index (κ1) is 18.7. The lowest BCUT2D eigenvalue weighted by Crippen LogP contribution is -2.42. The van der Waals surface area contributed by atoms with Gasteiger partial charge in [-0.2, -0.15) is 0 Å². The molecule has 5 heteroatoms. The van der Waals surface area contributed by atoms with Gasteiger partial charge in [-0.25, -0.2) is 0 Å². The van der Waals surface area contributed by atoms with Crippen LogP contribution in [-0.2, 0) is 11.2 Å². The lowest BCUT2D eigenvalue weighted by Gasteiger charge is -2.32. The molecule has 2 aromatic rings. The zero-order valence-electron chi connectivity index (χ0n) is 16.6. The fourth-order valence-electron chi connectivity index (χ4n) is 4.06. The van der Waals surface area contributed by atoms with Gasteiger partial charge in [0.05, 0.1) is 12.6 Å². The molecule has 0 radical (unpaired) electrons. The Hall–Kier alpha value is -2.69. The number of hydrogen-bond donors (Lipinski definition) is 1. The summed E-state index contributed by atoms with van der Waals surface area (Å²) >= 11 is 0. The van der Waals surface area contributed by atoms with Crippen molar-refractivity contribution >= 4 is 11.6 Å². The number of nitrogens with one attached hydrogen (secondary N) is 1. The normalized spacial score (nSPS) is 16.5. The van der Waals surface area contributed by atoms with Crippen LogP contribution in [0.1, 0.15) is 37.4 Å². The van der Waals surface area contributed by atoms with Crippen LogP contribution in [0, 0.1) is 5.92 Å². The number of ether oxygens (including phenoxy) is 2. The molecule has 0 saturated heterocycles. The average molecular weight is 380 g/mol. The number of amides is 1. The van der Waals surface area contributed by atoms with Crippen LogP contribution in [-0.4, -0.2) is 32.2 Å². The highest BCUT2D eigenvalue weighted by atomic mass is 16.6. The molecule has 28 heavy (non-hydrogen) atoms. The van der Waals surface area contributed by atoms with Crippen molar-refractivity contribution in [3.63, 3.8) is 0 Å². The van der Waals surface area contributed by atoms with E-state index in [1.807, 2.05) is 24.3 Å². The Kier molecular flexibility index (Phi) is 5.42. The quantitative estimate of drug-likeness (QED) is 0.859. The minimum absolute atomic E-state index is 0.0466. The van der Waals surface area contributed by atoms with E-state index < -0.39 is 0 Å². The van der Waals surface area contributed by atoms with E-state index in [4.69, 9.17) is 9.47 Å². The summed E-state index contributed by atoms with van der Waals surface area (Å²) in [6, 6.07) is 14.3. The van der Waals surface area contributed by atoms with Crippen LogP contribution >= 0.6 is 0 Å². The number of carbonyl (C=O) groups excluding carboxylic acids is 1. The van der Waals surface area contributed by atoms with Crippen LogP contribution in [0.5, 0.6) is 11.5 Å². The highest BCUT2D eigenvalue weighted by molar-refractivity contribution is 5.82. The number of hydrogen-bond acceptors (Lipinski definition) is 4. The van der Waals surface area contributed by atoms with Crippen molar-refractivity contribution in [3.05, 3.63) is 53.6 Å². The van der Waals surface area contributed by atoms with Crippen LogP contribution in [0.25, 0.3) is 0 Å². The van der Waals surface area contributed by atoms with Gasteiger partial charge in [0.25, 0.3) is 0 Å². The predicted octanol–water partition coefficient (Wildman–Crippen LogP) is 3.72. The Balaban J connectivity index is 1.48. The summed E-state index contributed by atoms with van der Waals surface area (Å²) in [4.78, 5) is 15.1. The maximum absolute atomic E-state index is 12.9. The molecule has 148 valence electrons. The maximum Gasteiger partial charge on any atom is 0.240 e. The van der Waals surface area contributed by atoms with Crippen LogP contribution in [0.2, 0.25) is 0 Å². The molecule has 0 unspecified atom stereocenters. The summed E-state index contributed by atoms with van der Waals surface area (Å²) in [5.74, 6) is 1.84. The summed E-state index contributed by atoms with van der Waals surface area (Å²) in [6.07, 6.45) is 2.17. The molecule has 2 aliphatic rings. The molecule has 5 nitrogen and oxygen atoms in total. The highest BCUT2D eigenvalue weighted by Gasteiger charge is 2.24. The van der Waals surface area contributed by atoms with Crippen molar-refractivity contribution in [1.29, 1.82) is 0 Å². The van der Waals surface area contributed by atoms with Gasteiger partial charge in [-0.3, -0.25) is 4.79 Å². The number of rotatable bonds is 5. The smallest absolute Gasteiger partial charge is 0.240 e. The molecular formula is C23H28N2O3. The number of nitrogens with zero attached hydrogens (tertiary/aromatic N) is 1. The average Bonchev–Trinajstić information content (AvgIpc) is 2.72. The highest BCUT2D eigenvalue weighted by Crippen LogP contribution is 2.34. The standard InChI is InChI=1S/C23H28N2O3/c1-16(2)23(18-9-10-20-21(14-18)28-13-12-27-20)24-22(26)15-25-11-5-7-17-6-3-4-8-19(17)25/h3-4,6,8-10,14,16,23H,5,7,11-13,15H2,1-2H3,(H,24,26)/t23-/m0/s1. The van der Waals surface area contributed by atoms with Gasteiger partial charge in [-0.1, -0.05) is 38.1 Å². The van der Waals surface area contributed by atoms with Crippen LogP contribution in [0.3, 0.4) is 0 Å². The molecule has 2 aliphatic heterocycles. The zero-order chi connectivity index (χ0) is 19.5. The summed E-state index contributed by atoms with van der Waals surface area (Å²) in [7, 11) is 0. The third-order valence-electron chi connectivity index (χ3n) is 5.45. The predicted molar refractivity (Wildman–Crippen MR) is 110 cm³/mol.